The number of benzene rings is 1. The molecule has 0 bridgehead atoms. The zero-order valence-electron chi connectivity index (χ0n) is 6.71. The summed E-state index contributed by atoms with van der Waals surface area (Å²) in [4.78, 5) is -0.572. The van der Waals surface area contributed by atoms with Crippen LogP contribution in [0.3, 0.4) is 0 Å². The lowest BCUT2D eigenvalue weighted by Crippen LogP contribution is -2.14. The lowest BCUT2D eigenvalue weighted by molar-refractivity contribution is 0.563. The van der Waals surface area contributed by atoms with Gasteiger partial charge < -0.3 is 0 Å². The van der Waals surface area contributed by atoms with E-state index in [9.17, 15) is 12.8 Å². The van der Waals surface area contributed by atoms with Crippen LogP contribution >= 0.6 is 11.6 Å². The summed E-state index contributed by atoms with van der Waals surface area (Å²) in [6.45, 7) is 1.41. The van der Waals surface area contributed by atoms with Crippen molar-refractivity contribution in [2.24, 2.45) is 5.14 Å². The van der Waals surface area contributed by atoms with Gasteiger partial charge in [0.05, 0.1) is 0 Å². The summed E-state index contributed by atoms with van der Waals surface area (Å²) in [7, 11) is -4.04. The van der Waals surface area contributed by atoms with E-state index < -0.39 is 20.7 Å². The molecule has 1 aromatic rings. The van der Waals surface area contributed by atoms with Gasteiger partial charge in [0.25, 0.3) is 0 Å². The first kappa shape index (κ1) is 10.4. The largest absolute Gasteiger partial charge is 0.241 e. The molecule has 1 rings (SSSR count). The molecular weight excluding hydrogens is 217 g/mol. The van der Waals surface area contributed by atoms with Crippen molar-refractivity contribution in [3.05, 3.63) is 28.5 Å². The second-order valence-corrected chi connectivity index (χ2v) is 4.55. The third kappa shape index (κ3) is 2.18. The average molecular weight is 224 g/mol. The predicted molar refractivity (Wildman–Crippen MR) is 47.5 cm³/mol. The van der Waals surface area contributed by atoms with Crippen LogP contribution in [0, 0.1) is 12.7 Å². The second-order valence-electron chi connectivity index (χ2n) is 2.58. The Morgan fingerprint density at radius 1 is 1.46 bits per heavy atom. The Morgan fingerprint density at radius 2 is 2.00 bits per heavy atom. The zero-order chi connectivity index (χ0) is 10.2. The van der Waals surface area contributed by atoms with Gasteiger partial charge in [-0.2, -0.15) is 0 Å². The number of aryl methyl sites for hydroxylation is 1. The van der Waals surface area contributed by atoms with E-state index in [0.717, 1.165) is 6.07 Å². The summed E-state index contributed by atoms with van der Waals surface area (Å²) in [5.74, 6) is -0.855. The van der Waals surface area contributed by atoms with Crippen LogP contribution in [-0.2, 0) is 10.0 Å². The maximum Gasteiger partial charge on any atom is 0.241 e. The van der Waals surface area contributed by atoms with Crippen molar-refractivity contribution < 1.29 is 12.8 Å². The molecule has 0 aliphatic heterocycles. The van der Waals surface area contributed by atoms with Crippen molar-refractivity contribution in [1.29, 1.82) is 0 Å². The average Bonchev–Trinajstić information content (AvgIpc) is 1.94. The van der Waals surface area contributed by atoms with E-state index in [2.05, 4.69) is 0 Å². The predicted octanol–water partition coefficient (Wildman–Crippen LogP) is 1.43. The molecule has 0 aliphatic carbocycles. The van der Waals surface area contributed by atoms with Crippen molar-refractivity contribution in [1.82, 2.24) is 0 Å². The minimum Gasteiger partial charge on any atom is -0.225 e. The highest BCUT2D eigenvalue weighted by atomic mass is 35.5. The molecule has 0 saturated heterocycles. The van der Waals surface area contributed by atoms with Crippen LogP contribution in [0.4, 0.5) is 4.39 Å². The third-order valence-electron chi connectivity index (χ3n) is 1.49. The molecule has 0 fully saturated rings. The molecule has 0 aromatic heterocycles. The molecule has 0 atom stereocenters. The van der Waals surface area contributed by atoms with Crippen LogP contribution in [0.2, 0.25) is 5.02 Å². The number of halogens is 2. The molecule has 0 unspecified atom stereocenters. The molecule has 0 aliphatic rings. The highest BCUT2D eigenvalue weighted by Crippen LogP contribution is 2.21. The lowest BCUT2D eigenvalue weighted by Gasteiger charge is -2.03. The van der Waals surface area contributed by atoms with E-state index >= 15 is 0 Å². The number of nitrogens with two attached hydrogens (primary N) is 1. The van der Waals surface area contributed by atoms with Crippen LogP contribution in [0.5, 0.6) is 0 Å². The Hall–Kier alpha value is -0.650. The van der Waals surface area contributed by atoms with Gasteiger partial charge in [0, 0.05) is 5.02 Å². The maximum absolute atomic E-state index is 13.2. The molecular formula is C7H7ClFNO2S. The molecule has 0 radical (unpaired) electrons. The standard InChI is InChI=1S/C7H7ClFNO2S/c1-4-2-5(8)3-6(7(4)9)13(10,11)12/h2-3H,1H3,(H2,10,11,12). The summed E-state index contributed by atoms with van der Waals surface area (Å²) in [6, 6.07) is 2.31. The van der Waals surface area contributed by atoms with Gasteiger partial charge in [0.15, 0.2) is 0 Å². The Morgan fingerprint density at radius 3 is 2.46 bits per heavy atom. The number of primary sulfonamides is 1. The SMILES string of the molecule is Cc1cc(Cl)cc(S(N)(=O)=O)c1F. The Kier molecular flexibility index (Phi) is 2.61. The molecule has 72 valence electrons. The van der Waals surface area contributed by atoms with Crippen LogP contribution in [0.15, 0.2) is 17.0 Å². The monoisotopic (exact) mass is 223 g/mol. The zero-order valence-corrected chi connectivity index (χ0v) is 8.29. The van der Waals surface area contributed by atoms with Crippen molar-refractivity contribution in [3.63, 3.8) is 0 Å². The van der Waals surface area contributed by atoms with E-state index in [1.165, 1.54) is 13.0 Å². The van der Waals surface area contributed by atoms with Gasteiger partial charge in [0.1, 0.15) is 10.7 Å². The summed E-state index contributed by atoms with van der Waals surface area (Å²) in [6.07, 6.45) is 0. The molecule has 1 aromatic carbocycles. The minimum absolute atomic E-state index is 0.142. The quantitative estimate of drug-likeness (QED) is 0.783. The van der Waals surface area contributed by atoms with Gasteiger partial charge >= 0.3 is 0 Å². The fourth-order valence-electron chi connectivity index (χ4n) is 0.902. The Labute approximate surface area is 80.4 Å². The molecule has 3 nitrogen and oxygen atoms in total. The van der Waals surface area contributed by atoms with Gasteiger partial charge in [0.2, 0.25) is 10.0 Å². The molecule has 6 heteroatoms. The maximum atomic E-state index is 13.2. The summed E-state index contributed by atoms with van der Waals surface area (Å²) in [5.41, 5.74) is 0.150. The van der Waals surface area contributed by atoms with Crippen LogP contribution in [0.25, 0.3) is 0 Å². The molecule has 0 heterocycles. The number of hydrogen-bond acceptors (Lipinski definition) is 2. The normalized spacial score (nSPS) is 11.7. The van der Waals surface area contributed by atoms with Crippen molar-refractivity contribution in [2.75, 3.05) is 0 Å². The van der Waals surface area contributed by atoms with Gasteiger partial charge in [-0.1, -0.05) is 11.6 Å². The highest BCUT2D eigenvalue weighted by molar-refractivity contribution is 7.89. The second kappa shape index (κ2) is 3.25. The van der Waals surface area contributed by atoms with Crippen LogP contribution in [0.1, 0.15) is 5.56 Å². The Balaban J connectivity index is 3.56. The lowest BCUT2D eigenvalue weighted by atomic mass is 10.2. The van der Waals surface area contributed by atoms with Crippen LogP contribution < -0.4 is 5.14 Å². The Bertz CT molecular complexity index is 444. The number of rotatable bonds is 1. The number of hydrogen-bond donors (Lipinski definition) is 1. The first-order valence-corrected chi connectivity index (χ1v) is 5.23. The first-order chi connectivity index (χ1) is 5.82. The van der Waals surface area contributed by atoms with Gasteiger partial charge in [-0.25, -0.2) is 17.9 Å². The third-order valence-corrected chi connectivity index (χ3v) is 2.62. The highest BCUT2D eigenvalue weighted by Gasteiger charge is 2.16. The first-order valence-electron chi connectivity index (χ1n) is 3.31. The molecule has 0 amide bonds. The molecule has 0 spiro atoms. The van der Waals surface area contributed by atoms with Crippen molar-refractivity contribution in [2.45, 2.75) is 11.8 Å². The van der Waals surface area contributed by atoms with E-state index in [1.54, 1.807) is 0 Å². The van der Waals surface area contributed by atoms with Gasteiger partial charge in [-0.3, -0.25) is 0 Å². The summed E-state index contributed by atoms with van der Waals surface area (Å²) >= 11 is 5.54. The molecule has 0 saturated carbocycles. The van der Waals surface area contributed by atoms with E-state index in [1.807, 2.05) is 0 Å². The van der Waals surface area contributed by atoms with Crippen molar-refractivity contribution in [3.8, 4) is 0 Å². The molecule has 2 N–H and O–H groups in total. The summed E-state index contributed by atoms with van der Waals surface area (Å²) < 4.78 is 34.8. The minimum atomic E-state index is -4.04. The molecule has 13 heavy (non-hydrogen) atoms. The van der Waals surface area contributed by atoms with Crippen LogP contribution in [-0.4, -0.2) is 8.42 Å². The fraction of sp³-hybridized carbons (Fsp3) is 0.143. The van der Waals surface area contributed by atoms with E-state index in [0.29, 0.717) is 0 Å². The van der Waals surface area contributed by atoms with Crippen molar-refractivity contribution >= 4 is 21.6 Å². The topological polar surface area (TPSA) is 60.2 Å². The van der Waals surface area contributed by atoms with Gasteiger partial charge in [-0.05, 0) is 24.6 Å². The van der Waals surface area contributed by atoms with E-state index in [4.69, 9.17) is 16.7 Å². The van der Waals surface area contributed by atoms with E-state index in [-0.39, 0.29) is 10.6 Å². The number of sulfonamides is 1. The fourth-order valence-corrected chi connectivity index (χ4v) is 1.94. The van der Waals surface area contributed by atoms with Gasteiger partial charge in [-0.15, -0.1) is 0 Å². The smallest absolute Gasteiger partial charge is 0.225 e. The summed E-state index contributed by atoms with van der Waals surface area (Å²) in [5, 5.41) is 4.91.